The number of nitrogens with one attached hydrogen (secondary N) is 2. The molecular weight excluding hydrogens is 471 g/mol. The summed E-state index contributed by atoms with van der Waals surface area (Å²) >= 11 is 0. The van der Waals surface area contributed by atoms with Crippen molar-refractivity contribution in [2.75, 3.05) is 59.6 Å². The van der Waals surface area contributed by atoms with Gasteiger partial charge in [0.25, 0.3) is 0 Å². The van der Waals surface area contributed by atoms with Gasteiger partial charge in [-0.3, -0.25) is 4.90 Å². The number of morpholine rings is 1. The molecule has 1 saturated heterocycles. The fourth-order valence-electron chi connectivity index (χ4n) is 2.87. The van der Waals surface area contributed by atoms with E-state index in [1.807, 2.05) is 31.2 Å². The van der Waals surface area contributed by atoms with Crippen molar-refractivity contribution >= 4 is 29.9 Å². The fourth-order valence-corrected chi connectivity index (χ4v) is 2.87. The molecule has 1 heterocycles. The van der Waals surface area contributed by atoms with Gasteiger partial charge >= 0.3 is 0 Å². The van der Waals surface area contributed by atoms with Gasteiger partial charge in [0.1, 0.15) is 6.10 Å². The summed E-state index contributed by atoms with van der Waals surface area (Å²) in [6.45, 7) is 11.2. The molecule has 0 bridgehead atoms. The third-order valence-corrected chi connectivity index (χ3v) is 4.30. The van der Waals surface area contributed by atoms with Crippen molar-refractivity contribution in [3.8, 4) is 11.5 Å². The van der Waals surface area contributed by atoms with Crippen LogP contribution in [0.2, 0.25) is 0 Å². The summed E-state index contributed by atoms with van der Waals surface area (Å²) in [7, 11) is 1.65. The molecule has 2 rings (SSSR count). The Morgan fingerprint density at radius 2 is 1.93 bits per heavy atom. The van der Waals surface area contributed by atoms with E-state index in [2.05, 4.69) is 27.4 Å². The SMILES string of the molecule is CCNC(=NCC(C)Oc1ccccc1OC)NCCCN1CCOCC1.I. The lowest BCUT2D eigenvalue weighted by Gasteiger charge is -2.26. The molecule has 2 N–H and O–H groups in total. The number of hydrogen-bond acceptors (Lipinski definition) is 5. The monoisotopic (exact) mass is 506 g/mol. The third kappa shape index (κ3) is 9.29. The minimum atomic E-state index is -0.0508. The Balaban J connectivity index is 0.00000392. The lowest BCUT2D eigenvalue weighted by atomic mass is 10.3. The van der Waals surface area contributed by atoms with Crippen LogP contribution in [0.3, 0.4) is 0 Å². The molecule has 1 fully saturated rings. The van der Waals surface area contributed by atoms with E-state index >= 15 is 0 Å². The van der Waals surface area contributed by atoms with Gasteiger partial charge in [-0.25, -0.2) is 4.99 Å². The Morgan fingerprint density at radius 1 is 1.21 bits per heavy atom. The predicted octanol–water partition coefficient (Wildman–Crippen LogP) is 2.36. The molecule has 1 aliphatic rings. The number of ether oxygens (including phenoxy) is 3. The number of aliphatic imine (C=N–C) groups is 1. The predicted molar refractivity (Wildman–Crippen MR) is 124 cm³/mol. The second-order valence-electron chi connectivity index (χ2n) is 6.53. The highest BCUT2D eigenvalue weighted by Crippen LogP contribution is 2.26. The maximum Gasteiger partial charge on any atom is 0.191 e. The zero-order chi connectivity index (χ0) is 19.3. The molecule has 160 valence electrons. The highest BCUT2D eigenvalue weighted by molar-refractivity contribution is 14.0. The van der Waals surface area contributed by atoms with Gasteiger partial charge in [-0.1, -0.05) is 12.1 Å². The molecule has 0 spiro atoms. The van der Waals surface area contributed by atoms with Gasteiger partial charge in [-0.05, 0) is 38.9 Å². The number of methoxy groups -OCH3 is 1. The smallest absolute Gasteiger partial charge is 0.191 e. The molecule has 7 nitrogen and oxygen atoms in total. The summed E-state index contributed by atoms with van der Waals surface area (Å²) in [4.78, 5) is 7.09. The van der Waals surface area contributed by atoms with Crippen molar-refractivity contribution < 1.29 is 14.2 Å². The Morgan fingerprint density at radius 3 is 2.61 bits per heavy atom. The van der Waals surface area contributed by atoms with Crippen LogP contribution in [0.1, 0.15) is 20.3 Å². The number of nitrogens with zero attached hydrogens (tertiary/aromatic N) is 2. The van der Waals surface area contributed by atoms with Gasteiger partial charge in [-0.2, -0.15) is 0 Å². The first-order valence-electron chi connectivity index (χ1n) is 9.85. The van der Waals surface area contributed by atoms with Crippen LogP contribution in [-0.2, 0) is 4.74 Å². The number of rotatable bonds is 10. The number of benzene rings is 1. The molecule has 0 amide bonds. The van der Waals surface area contributed by atoms with E-state index in [0.717, 1.165) is 69.8 Å². The normalized spacial score (nSPS) is 16.0. The van der Waals surface area contributed by atoms with E-state index in [4.69, 9.17) is 14.2 Å². The van der Waals surface area contributed by atoms with Crippen molar-refractivity contribution in [3.05, 3.63) is 24.3 Å². The summed E-state index contributed by atoms with van der Waals surface area (Å²) in [5.41, 5.74) is 0. The summed E-state index contributed by atoms with van der Waals surface area (Å²) in [5, 5.41) is 6.69. The van der Waals surface area contributed by atoms with Gasteiger partial charge in [0.2, 0.25) is 0 Å². The number of halogens is 1. The maximum absolute atomic E-state index is 5.96. The largest absolute Gasteiger partial charge is 0.493 e. The first-order valence-corrected chi connectivity index (χ1v) is 9.85. The Bertz CT molecular complexity index is 568. The molecule has 1 atom stereocenters. The average molecular weight is 506 g/mol. The number of guanidine groups is 1. The minimum Gasteiger partial charge on any atom is -0.493 e. The van der Waals surface area contributed by atoms with Crippen LogP contribution >= 0.6 is 24.0 Å². The highest BCUT2D eigenvalue weighted by atomic mass is 127. The Hall–Kier alpha value is -1.26. The van der Waals surface area contributed by atoms with E-state index < -0.39 is 0 Å². The summed E-state index contributed by atoms with van der Waals surface area (Å²) < 4.78 is 16.7. The first kappa shape index (κ1) is 24.8. The zero-order valence-corrected chi connectivity index (χ0v) is 19.6. The second-order valence-corrected chi connectivity index (χ2v) is 6.53. The molecule has 1 aromatic rings. The van der Waals surface area contributed by atoms with Crippen molar-refractivity contribution in [1.29, 1.82) is 0 Å². The third-order valence-electron chi connectivity index (χ3n) is 4.30. The average Bonchev–Trinajstić information content (AvgIpc) is 2.70. The standard InChI is InChI=1S/C20H34N4O3.HI/c1-4-21-20(22-10-7-11-24-12-14-26-15-13-24)23-16-17(2)27-19-9-6-5-8-18(19)25-3;/h5-6,8-9,17H,4,7,10-16H2,1-3H3,(H2,21,22,23);1H. The first-order chi connectivity index (χ1) is 13.2. The molecule has 1 unspecified atom stereocenters. The van der Waals surface area contributed by atoms with E-state index in [9.17, 15) is 0 Å². The van der Waals surface area contributed by atoms with Crippen LogP contribution in [0.5, 0.6) is 11.5 Å². The van der Waals surface area contributed by atoms with E-state index in [1.54, 1.807) is 7.11 Å². The van der Waals surface area contributed by atoms with Crippen LogP contribution in [0.4, 0.5) is 0 Å². The zero-order valence-electron chi connectivity index (χ0n) is 17.3. The molecule has 0 radical (unpaired) electrons. The van der Waals surface area contributed by atoms with Gasteiger partial charge in [0.05, 0.1) is 26.9 Å². The highest BCUT2D eigenvalue weighted by Gasteiger charge is 2.10. The number of para-hydroxylation sites is 2. The van der Waals surface area contributed by atoms with Crippen LogP contribution in [-0.4, -0.2) is 76.6 Å². The molecule has 1 aliphatic heterocycles. The van der Waals surface area contributed by atoms with Gasteiger partial charge in [0.15, 0.2) is 17.5 Å². The molecular formula is C20H35IN4O3. The van der Waals surface area contributed by atoms with Crippen molar-refractivity contribution in [1.82, 2.24) is 15.5 Å². The molecule has 0 aliphatic carbocycles. The second kappa shape index (κ2) is 14.7. The van der Waals surface area contributed by atoms with E-state index in [-0.39, 0.29) is 30.1 Å². The van der Waals surface area contributed by atoms with Crippen molar-refractivity contribution in [3.63, 3.8) is 0 Å². The molecule has 1 aromatic carbocycles. The Kier molecular flexibility index (Phi) is 13.0. The number of hydrogen-bond donors (Lipinski definition) is 2. The molecule has 0 aromatic heterocycles. The van der Waals surface area contributed by atoms with Gasteiger partial charge < -0.3 is 24.8 Å². The van der Waals surface area contributed by atoms with E-state index in [1.165, 1.54) is 0 Å². The quantitative estimate of drug-likeness (QED) is 0.220. The van der Waals surface area contributed by atoms with Crippen molar-refractivity contribution in [2.45, 2.75) is 26.4 Å². The lowest BCUT2D eigenvalue weighted by Crippen LogP contribution is -2.41. The molecule has 28 heavy (non-hydrogen) atoms. The fraction of sp³-hybridized carbons (Fsp3) is 0.650. The van der Waals surface area contributed by atoms with Gasteiger partial charge in [-0.15, -0.1) is 24.0 Å². The van der Waals surface area contributed by atoms with Crippen LogP contribution in [0.15, 0.2) is 29.3 Å². The van der Waals surface area contributed by atoms with Gasteiger partial charge in [0, 0.05) is 26.2 Å². The maximum atomic E-state index is 5.96. The van der Waals surface area contributed by atoms with E-state index in [0.29, 0.717) is 6.54 Å². The minimum absolute atomic E-state index is 0. The summed E-state index contributed by atoms with van der Waals surface area (Å²) in [5.74, 6) is 2.31. The van der Waals surface area contributed by atoms with Crippen LogP contribution in [0, 0.1) is 0 Å². The topological polar surface area (TPSA) is 67.4 Å². The summed E-state index contributed by atoms with van der Waals surface area (Å²) in [6.07, 6.45) is 1.03. The van der Waals surface area contributed by atoms with Crippen LogP contribution < -0.4 is 20.1 Å². The molecule has 0 saturated carbocycles. The lowest BCUT2D eigenvalue weighted by molar-refractivity contribution is 0.0376. The van der Waals surface area contributed by atoms with Crippen molar-refractivity contribution in [2.24, 2.45) is 4.99 Å². The Labute approximate surface area is 186 Å². The van der Waals surface area contributed by atoms with Crippen LogP contribution in [0.25, 0.3) is 0 Å². The summed E-state index contributed by atoms with van der Waals surface area (Å²) in [6, 6.07) is 7.67. The molecule has 8 heteroatoms.